The Kier molecular flexibility index (Phi) is 1.56. The maximum Gasteiger partial charge on any atom is 0.225 e. The largest absolute Gasteiger partial charge is 0.254 e. The van der Waals surface area contributed by atoms with Crippen LogP contribution >= 0.6 is 0 Å². The molecule has 1 heterocycles. The van der Waals surface area contributed by atoms with Crippen LogP contribution in [-0.4, -0.2) is 11.8 Å². The van der Waals surface area contributed by atoms with Gasteiger partial charge in [-0.05, 0) is 19.1 Å². The first-order chi connectivity index (χ1) is 4.83. The lowest BCUT2D eigenvalue weighted by molar-refractivity contribution is 0.896. The summed E-state index contributed by atoms with van der Waals surface area (Å²) in [5.74, 6) is 5.38. The van der Waals surface area contributed by atoms with Gasteiger partial charge in [0.25, 0.3) is 0 Å². The first-order valence-electron chi connectivity index (χ1n) is 2.91. The molecule has 1 rings (SSSR count). The minimum Gasteiger partial charge on any atom is -0.254 e. The standard InChI is InChI=1S/C8H6N2/c1-2-4-8(7-9)5-3-6-10-8/h3,5-6H,1H3. The van der Waals surface area contributed by atoms with Gasteiger partial charge in [0.2, 0.25) is 5.54 Å². The average molecular weight is 130 g/mol. The summed E-state index contributed by atoms with van der Waals surface area (Å²) < 4.78 is 0. The fourth-order valence-corrected chi connectivity index (χ4v) is 0.745. The van der Waals surface area contributed by atoms with Crippen molar-refractivity contribution in [3.8, 4) is 17.9 Å². The molecule has 0 aromatic rings. The van der Waals surface area contributed by atoms with Crippen molar-refractivity contribution in [2.45, 2.75) is 12.5 Å². The molecule has 0 bridgehead atoms. The van der Waals surface area contributed by atoms with E-state index in [1.165, 1.54) is 0 Å². The van der Waals surface area contributed by atoms with E-state index in [1.54, 1.807) is 25.3 Å². The average Bonchev–Trinajstić information content (AvgIpc) is 2.39. The summed E-state index contributed by atoms with van der Waals surface area (Å²) in [7, 11) is 0. The van der Waals surface area contributed by atoms with Gasteiger partial charge in [-0.2, -0.15) is 5.26 Å². The van der Waals surface area contributed by atoms with E-state index in [2.05, 4.69) is 16.8 Å². The lowest BCUT2D eigenvalue weighted by Gasteiger charge is -2.03. The molecule has 1 aliphatic rings. The van der Waals surface area contributed by atoms with Crippen molar-refractivity contribution in [1.82, 2.24) is 0 Å². The zero-order valence-electron chi connectivity index (χ0n) is 5.63. The molecule has 0 radical (unpaired) electrons. The molecule has 1 aliphatic heterocycles. The number of allylic oxidation sites excluding steroid dienone is 1. The molecule has 1 atom stereocenters. The number of nitrogens with zero attached hydrogens (tertiary/aromatic N) is 2. The fraction of sp³-hybridized carbons (Fsp3) is 0.250. The Morgan fingerprint density at radius 3 is 2.80 bits per heavy atom. The predicted octanol–water partition coefficient (Wildman–Crippen LogP) is 0.913. The Hall–Kier alpha value is -1.54. The molecule has 0 N–H and O–H groups in total. The summed E-state index contributed by atoms with van der Waals surface area (Å²) in [6, 6.07) is 2.02. The van der Waals surface area contributed by atoms with Gasteiger partial charge in [0.1, 0.15) is 6.07 Å². The van der Waals surface area contributed by atoms with Crippen LogP contribution in [0.2, 0.25) is 0 Å². The Labute approximate surface area is 59.9 Å². The Morgan fingerprint density at radius 2 is 2.40 bits per heavy atom. The topological polar surface area (TPSA) is 36.1 Å². The lowest BCUT2D eigenvalue weighted by atomic mass is 10.1. The second kappa shape index (κ2) is 2.37. The quantitative estimate of drug-likeness (QED) is 0.449. The van der Waals surface area contributed by atoms with E-state index < -0.39 is 5.54 Å². The van der Waals surface area contributed by atoms with Gasteiger partial charge in [0, 0.05) is 6.21 Å². The minimum absolute atomic E-state index is 0.880. The summed E-state index contributed by atoms with van der Waals surface area (Å²) in [5.41, 5.74) is -0.880. The molecular formula is C8H6N2. The van der Waals surface area contributed by atoms with E-state index >= 15 is 0 Å². The maximum atomic E-state index is 8.63. The molecular weight excluding hydrogens is 124 g/mol. The second-order valence-electron chi connectivity index (χ2n) is 1.89. The van der Waals surface area contributed by atoms with Crippen molar-refractivity contribution in [1.29, 1.82) is 5.26 Å². The Balaban J connectivity index is 3.01. The highest BCUT2D eigenvalue weighted by Gasteiger charge is 2.23. The number of nitriles is 1. The van der Waals surface area contributed by atoms with Crippen LogP contribution in [0.3, 0.4) is 0 Å². The van der Waals surface area contributed by atoms with Gasteiger partial charge in [0.15, 0.2) is 0 Å². The summed E-state index contributed by atoms with van der Waals surface area (Å²) >= 11 is 0. The Bertz CT molecular complexity index is 269. The lowest BCUT2D eigenvalue weighted by Crippen LogP contribution is -2.15. The number of rotatable bonds is 0. The van der Waals surface area contributed by atoms with Gasteiger partial charge in [-0.25, -0.2) is 0 Å². The molecule has 0 amide bonds. The first-order valence-corrected chi connectivity index (χ1v) is 2.91. The van der Waals surface area contributed by atoms with E-state index in [0.29, 0.717) is 0 Å². The molecule has 0 fully saturated rings. The molecule has 2 nitrogen and oxygen atoms in total. The highest BCUT2D eigenvalue weighted by atomic mass is 14.8. The summed E-state index contributed by atoms with van der Waals surface area (Å²) in [4.78, 5) is 3.90. The molecule has 10 heavy (non-hydrogen) atoms. The van der Waals surface area contributed by atoms with E-state index in [1.807, 2.05) is 6.07 Å². The van der Waals surface area contributed by atoms with Crippen LogP contribution in [0.5, 0.6) is 0 Å². The summed E-state index contributed by atoms with van der Waals surface area (Å²) in [6.07, 6.45) is 5.00. The highest BCUT2D eigenvalue weighted by Crippen LogP contribution is 2.13. The van der Waals surface area contributed by atoms with Crippen LogP contribution in [0.15, 0.2) is 17.1 Å². The normalized spacial score (nSPS) is 27.2. The van der Waals surface area contributed by atoms with E-state index in [0.717, 1.165) is 0 Å². The molecule has 0 aromatic heterocycles. The second-order valence-corrected chi connectivity index (χ2v) is 1.89. The third-order valence-electron chi connectivity index (χ3n) is 1.19. The molecule has 0 spiro atoms. The van der Waals surface area contributed by atoms with Gasteiger partial charge in [-0.15, -0.1) is 5.92 Å². The first kappa shape index (κ1) is 6.58. The van der Waals surface area contributed by atoms with Crippen LogP contribution in [0.4, 0.5) is 0 Å². The molecule has 1 unspecified atom stereocenters. The van der Waals surface area contributed by atoms with Gasteiger partial charge in [-0.1, -0.05) is 5.92 Å². The number of hydrogen-bond donors (Lipinski definition) is 0. The predicted molar refractivity (Wildman–Crippen MR) is 39.4 cm³/mol. The zero-order chi connectivity index (χ0) is 7.45. The summed E-state index contributed by atoms with van der Waals surface area (Å²) in [5, 5.41) is 8.63. The third-order valence-corrected chi connectivity index (χ3v) is 1.19. The van der Waals surface area contributed by atoms with Crippen LogP contribution in [0.1, 0.15) is 6.92 Å². The SMILES string of the molecule is CC#CC1(C#N)C=CC=N1. The zero-order valence-corrected chi connectivity index (χ0v) is 5.63. The van der Waals surface area contributed by atoms with Crippen molar-refractivity contribution in [2.24, 2.45) is 4.99 Å². The molecule has 0 aliphatic carbocycles. The van der Waals surface area contributed by atoms with Crippen molar-refractivity contribution in [2.75, 3.05) is 0 Å². The Morgan fingerprint density at radius 1 is 1.60 bits per heavy atom. The van der Waals surface area contributed by atoms with Crippen molar-refractivity contribution < 1.29 is 0 Å². The van der Waals surface area contributed by atoms with Gasteiger partial charge < -0.3 is 0 Å². The molecule has 2 heteroatoms. The monoisotopic (exact) mass is 130 g/mol. The highest BCUT2D eigenvalue weighted by molar-refractivity contribution is 5.77. The van der Waals surface area contributed by atoms with E-state index in [-0.39, 0.29) is 0 Å². The van der Waals surface area contributed by atoms with E-state index in [4.69, 9.17) is 5.26 Å². The molecule has 0 saturated heterocycles. The number of hydrogen-bond acceptors (Lipinski definition) is 2. The van der Waals surface area contributed by atoms with Crippen molar-refractivity contribution in [3.63, 3.8) is 0 Å². The van der Waals surface area contributed by atoms with Crippen molar-refractivity contribution in [3.05, 3.63) is 12.2 Å². The van der Waals surface area contributed by atoms with Crippen LogP contribution in [0.25, 0.3) is 0 Å². The maximum absolute atomic E-state index is 8.63. The molecule has 0 aromatic carbocycles. The fourth-order valence-electron chi connectivity index (χ4n) is 0.745. The van der Waals surface area contributed by atoms with E-state index in [9.17, 15) is 0 Å². The van der Waals surface area contributed by atoms with Crippen LogP contribution < -0.4 is 0 Å². The van der Waals surface area contributed by atoms with Gasteiger partial charge >= 0.3 is 0 Å². The minimum atomic E-state index is -0.880. The summed E-state index contributed by atoms with van der Waals surface area (Å²) in [6.45, 7) is 1.70. The molecule has 48 valence electrons. The van der Waals surface area contributed by atoms with Crippen LogP contribution in [-0.2, 0) is 0 Å². The number of aliphatic imine (C=N–C) groups is 1. The molecule has 0 saturated carbocycles. The van der Waals surface area contributed by atoms with Crippen LogP contribution in [0, 0.1) is 23.2 Å². The third kappa shape index (κ3) is 0.921. The van der Waals surface area contributed by atoms with Gasteiger partial charge in [-0.3, -0.25) is 4.99 Å². The smallest absolute Gasteiger partial charge is 0.225 e. The van der Waals surface area contributed by atoms with Crippen molar-refractivity contribution >= 4 is 6.21 Å². The van der Waals surface area contributed by atoms with Gasteiger partial charge in [0.05, 0.1) is 0 Å².